The van der Waals surface area contributed by atoms with Gasteiger partial charge >= 0.3 is 0 Å². The molecule has 3 nitrogen and oxygen atoms in total. The number of hydrogen-bond donors (Lipinski definition) is 3. The minimum atomic E-state index is -0.227. The molecule has 1 rings (SSSR count). The molecule has 1 fully saturated rings. The fourth-order valence-corrected chi connectivity index (χ4v) is 2.06. The van der Waals surface area contributed by atoms with Gasteiger partial charge in [0.05, 0.1) is 12.7 Å². The SMILES string of the molecule is OCCNCC(O)CC1CCCC1. The molecule has 0 aromatic heterocycles. The van der Waals surface area contributed by atoms with Crippen molar-refractivity contribution >= 4 is 0 Å². The molecule has 0 amide bonds. The van der Waals surface area contributed by atoms with Crippen LogP contribution in [-0.2, 0) is 0 Å². The van der Waals surface area contributed by atoms with Crippen molar-refractivity contribution in [3.05, 3.63) is 0 Å². The molecule has 0 bridgehead atoms. The van der Waals surface area contributed by atoms with Crippen LogP contribution in [0.25, 0.3) is 0 Å². The van der Waals surface area contributed by atoms with E-state index in [0.29, 0.717) is 13.1 Å². The largest absolute Gasteiger partial charge is 0.395 e. The highest BCUT2D eigenvalue weighted by atomic mass is 16.3. The average molecular weight is 187 g/mol. The predicted octanol–water partition coefficient (Wildman–Crippen LogP) is 0.509. The van der Waals surface area contributed by atoms with E-state index in [1.54, 1.807) is 0 Å². The van der Waals surface area contributed by atoms with Gasteiger partial charge in [0, 0.05) is 13.1 Å². The zero-order chi connectivity index (χ0) is 9.52. The predicted molar refractivity (Wildman–Crippen MR) is 52.5 cm³/mol. The van der Waals surface area contributed by atoms with E-state index in [1.165, 1.54) is 25.7 Å². The molecule has 78 valence electrons. The summed E-state index contributed by atoms with van der Waals surface area (Å²) in [6, 6.07) is 0. The van der Waals surface area contributed by atoms with E-state index < -0.39 is 0 Å². The lowest BCUT2D eigenvalue weighted by Gasteiger charge is -2.15. The van der Waals surface area contributed by atoms with Crippen LogP contribution in [0.1, 0.15) is 32.1 Å². The molecule has 1 aliphatic rings. The van der Waals surface area contributed by atoms with Gasteiger partial charge in [0.1, 0.15) is 0 Å². The molecule has 3 heteroatoms. The fraction of sp³-hybridized carbons (Fsp3) is 1.00. The highest BCUT2D eigenvalue weighted by molar-refractivity contribution is 4.72. The van der Waals surface area contributed by atoms with Crippen LogP contribution in [0.15, 0.2) is 0 Å². The van der Waals surface area contributed by atoms with Crippen LogP contribution in [0.2, 0.25) is 0 Å². The Morgan fingerprint density at radius 3 is 2.62 bits per heavy atom. The van der Waals surface area contributed by atoms with Crippen LogP contribution in [0.5, 0.6) is 0 Å². The Bertz CT molecular complexity index is 124. The smallest absolute Gasteiger partial charge is 0.0667 e. The van der Waals surface area contributed by atoms with Gasteiger partial charge in [0.2, 0.25) is 0 Å². The summed E-state index contributed by atoms with van der Waals surface area (Å²) in [5.74, 6) is 0.742. The van der Waals surface area contributed by atoms with E-state index in [2.05, 4.69) is 5.32 Å². The van der Waals surface area contributed by atoms with Crippen molar-refractivity contribution < 1.29 is 10.2 Å². The van der Waals surface area contributed by atoms with Gasteiger partial charge in [-0.05, 0) is 12.3 Å². The quantitative estimate of drug-likeness (QED) is 0.531. The molecule has 1 unspecified atom stereocenters. The summed E-state index contributed by atoms with van der Waals surface area (Å²) in [5.41, 5.74) is 0. The first-order valence-electron chi connectivity index (χ1n) is 5.32. The Hall–Kier alpha value is -0.120. The Morgan fingerprint density at radius 2 is 2.00 bits per heavy atom. The maximum Gasteiger partial charge on any atom is 0.0667 e. The van der Waals surface area contributed by atoms with Gasteiger partial charge in [-0.1, -0.05) is 25.7 Å². The topological polar surface area (TPSA) is 52.5 Å². The molecule has 1 atom stereocenters. The van der Waals surface area contributed by atoms with Gasteiger partial charge in [-0.3, -0.25) is 0 Å². The number of aliphatic hydroxyl groups excluding tert-OH is 2. The van der Waals surface area contributed by atoms with Crippen LogP contribution < -0.4 is 5.32 Å². The standard InChI is InChI=1S/C10H21NO2/c12-6-5-11-8-10(13)7-9-3-1-2-4-9/h9-13H,1-8H2. The molecular formula is C10H21NO2. The van der Waals surface area contributed by atoms with Crippen molar-refractivity contribution in [3.8, 4) is 0 Å². The van der Waals surface area contributed by atoms with E-state index in [0.717, 1.165) is 12.3 Å². The molecule has 1 saturated carbocycles. The average Bonchev–Trinajstić information content (AvgIpc) is 2.57. The molecule has 3 N–H and O–H groups in total. The summed E-state index contributed by atoms with van der Waals surface area (Å²) >= 11 is 0. The molecular weight excluding hydrogens is 166 g/mol. The number of rotatable bonds is 6. The lowest BCUT2D eigenvalue weighted by Crippen LogP contribution is -2.30. The van der Waals surface area contributed by atoms with E-state index in [4.69, 9.17) is 5.11 Å². The highest BCUT2D eigenvalue weighted by Gasteiger charge is 2.18. The van der Waals surface area contributed by atoms with Gasteiger partial charge < -0.3 is 15.5 Å². The van der Waals surface area contributed by atoms with Crippen molar-refractivity contribution in [1.29, 1.82) is 0 Å². The second kappa shape index (κ2) is 6.35. The summed E-state index contributed by atoms with van der Waals surface area (Å²) in [5, 5.41) is 21.1. The van der Waals surface area contributed by atoms with Crippen molar-refractivity contribution in [2.75, 3.05) is 19.7 Å². The van der Waals surface area contributed by atoms with Crippen LogP contribution in [0, 0.1) is 5.92 Å². The third-order valence-corrected chi connectivity index (χ3v) is 2.75. The molecule has 1 aliphatic carbocycles. The van der Waals surface area contributed by atoms with Gasteiger partial charge in [-0.25, -0.2) is 0 Å². The fourth-order valence-electron chi connectivity index (χ4n) is 2.06. The maximum atomic E-state index is 9.59. The van der Waals surface area contributed by atoms with Gasteiger partial charge in [0.25, 0.3) is 0 Å². The summed E-state index contributed by atoms with van der Waals surface area (Å²) in [6.45, 7) is 1.36. The maximum absolute atomic E-state index is 9.59. The molecule has 0 aromatic rings. The number of nitrogens with one attached hydrogen (secondary N) is 1. The monoisotopic (exact) mass is 187 g/mol. The molecule has 0 spiro atoms. The van der Waals surface area contributed by atoms with Gasteiger partial charge in [0.15, 0.2) is 0 Å². The van der Waals surface area contributed by atoms with Crippen molar-refractivity contribution in [2.45, 2.75) is 38.2 Å². The summed E-state index contributed by atoms with van der Waals surface area (Å²) in [4.78, 5) is 0. The van der Waals surface area contributed by atoms with E-state index in [1.807, 2.05) is 0 Å². The van der Waals surface area contributed by atoms with Crippen LogP contribution in [-0.4, -0.2) is 36.0 Å². The molecule has 0 aromatic carbocycles. The van der Waals surface area contributed by atoms with Gasteiger partial charge in [-0.2, -0.15) is 0 Å². The Balaban J connectivity index is 1.99. The van der Waals surface area contributed by atoms with Crippen LogP contribution in [0.4, 0.5) is 0 Å². The first kappa shape index (κ1) is 11.0. The number of hydrogen-bond acceptors (Lipinski definition) is 3. The van der Waals surface area contributed by atoms with Crippen molar-refractivity contribution in [1.82, 2.24) is 5.32 Å². The first-order valence-corrected chi connectivity index (χ1v) is 5.32. The third-order valence-electron chi connectivity index (χ3n) is 2.75. The molecule has 13 heavy (non-hydrogen) atoms. The van der Waals surface area contributed by atoms with E-state index in [9.17, 15) is 5.11 Å². The highest BCUT2D eigenvalue weighted by Crippen LogP contribution is 2.28. The molecule has 0 radical (unpaired) electrons. The van der Waals surface area contributed by atoms with Crippen LogP contribution >= 0.6 is 0 Å². The van der Waals surface area contributed by atoms with Crippen molar-refractivity contribution in [3.63, 3.8) is 0 Å². The molecule has 0 saturated heterocycles. The first-order chi connectivity index (χ1) is 6.33. The van der Waals surface area contributed by atoms with Gasteiger partial charge in [-0.15, -0.1) is 0 Å². The third kappa shape index (κ3) is 4.60. The second-order valence-corrected chi connectivity index (χ2v) is 3.97. The summed E-state index contributed by atoms with van der Waals surface area (Å²) in [6.07, 6.45) is 5.95. The Morgan fingerprint density at radius 1 is 1.31 bits per heavy atom. The zero-order valence-corrected chi connectivity index (χ0v) is 8.21. The molecule has 0 heterocycles. The Kier molecular flexibility index (Phi) is 5.35. The lowest BCUT2D eigenvalue weighted by molar-refractivity contribution is 0.138. The normalized spacial score (nSPS) is 20.8. The number of aliphatic hydroxyl groups is 2. The van der Waals surface area contributed by atoms with E-state index in [-0.39, 0.29) is 12.7 Å². The summed E-state index contributed by atoms with van der Waals surface area (Å²) < 4.78 is 0. The zero-order valence-electron chi connectivity index (χ0n) is 8.21. The molecule has 0 aliphatic heterocycles. The minimum absolute atomic E-state index is 0.149. The van der Waals surface area contributed by atoms with Crippen molar-refractivity contribution in [2.24, 2.45) is 5.92 Å². The lowest BCUT2D eigenvalue weighted by atomic mass is 10.0. The minimum Gasteiger partial charge on any atom is -0.395 e. The van der Waals surface area contributed by atoms with E-state index >= 15 is 0 Å². The Labute approximate surface area is 80.2 Å². The van der Waals surface area contributed by atoms with Crippen LogP contribution in [0.3, 0.4) is 0 Å². The second-order valence-electron chi connectivity index (χ2n) is 3.97. The summed E-state index contributed by atoms with van der Waals surface area (Å²) in [7, 11) is 0.